The average molecular weight is 367 g/mol. The van der Waals surface area contributed by atoms with Crippen LogP contribution in [0.15, 0.2) is 42.5 Å². The predicted molar refractivity (Wildman–Crippen MR) is 109 cm³/mol. The fraction of sp³-hybridized carbons (Fsp3) is 0.640. The third kappa shape index (κ3) is 3.26. The Balaban J connectivity index is 1.55. The van der Waals surface area contributed by atoms with Gasteiger partial charge in [-0.15, -0.1) is 0 Å². The van der Waals surface area contributed by atoms with Crippen molar-refractivity contribution in [1.29, 1.82) is 0 Å². The first-order chi connectivity index (χ1) is 12.8. The van der Waals surface area contributed by atoms with Crippen molar-refractivity contribution in [3.05, 3.63) is 48.0 Å². The molecule has 3 aliphatic rings. The van der Waals surface area contributed by atoms with Gasteiger partial charge >= 0.3 is 5.97 Å². The Morgan fingerprint density at radius 3 is 2.48 bits per heavy atom. The highest BCUT2D eigenvalue weighted by Crippen LogP contribution is 2.53. The van der Waals surface area contributed by atoms with Crippen LogP contribution >= 0.6 is 0 Å². The summed E-state index contributed by atoms with van der Waals surface area (Å²) in [5.41, 5.74) is 1.03. The van der Waals surface area contributed by atoms with Crippen LogP contribution in [0.5, 0.6) is 0 Å². The topological polar surface area (TPSA) is 26.3 Å². The highest BCUT2D eigenvalue weighted by atomic mass is 16.5. The van der Waals surface area contributed by atoms with E-state index in [1.54, 1.807) is 0 Å². The monoisotopic (exact) mass is 366 g/mol. The van der Waals surface area contributed by atoms with Gasteiger partial charge in [0.05, 0.1) is 5.41 Å². The number of allylic oxidation sites excluding steroid dienone is 2. The normalized spacial score (nSPS) is 38.1. The summed E-state index contributed by atoms with van der Waals surface area (Å²) in [4.78, 5) is 13.3. The second-order valence-electron chi connectivity index (χ2n) is 10.2. The number of hydrogen-bond acceptors (Lipinski definition) is 2. The van der Waals surface area contributed by atoms with Gasteiger partial charge in [-0.25, -0.2) is 0 Å². The Morgan fingerprint density at radius 1 is 1.11 bits per heavy atom. The van der Waals surface area contributed by atoms with Crippen LogP contribution in [0.25, 0.3) is 0 Å². The van der Waals surface area contributed by atoms with E-state index in [0.717, 1.165) is 25.7 Å². The summed E-state index contributed by atoms with van der Waals surface area (Å²) in [5.74, 6) is 1.99. The Bertz CT molecular complexity index is 719. The van der Waals surface area contributed by atoms with E-state index < -0.39 is 0 Å². The van der Waals surface area contributed by atoms with Crippen molar-refractivity contribution < 1.29 is 9.53 Å². The number of carbonyl (C=O) groups excluding carboxylic acids is 1. The van der Waals surface area contributed by atoms with E-state index in [1.807, 2.05) is 0 Å². The molecule has 0 radical (unpaired) electrons. The van der Waals surface area contributed by atoms with Crippen molar-refractivity contribution in [2.24, 2.45) is 29.1 Å². The number of ether oxygens (including phenoxy) is 1. The molecule has 3 aliphatic carbocycles. The molecule has 0 spiro atoms. The van der Waals surface area contributed by atoms with Crippen molar-refractivity contribution in [1.82, 2.24) is 0 Å². The van der Waals surface area contributed by atoms with Gasteiger partial charge in [0.2, 0.25) is 0 Å². The van der Waals surface area contributed by atoms with E-state index in [4.69, 9.17) is 4.74 Å². The fourth-order valence-corrected chi connectivity index (χ4v) is 5.97. The van der Waals surface area contributed by atoms with E-state index in [9.17, 15) is 4.79 Å². The van der Waals surface area contributed by atoms with Crippen LogP contribution in [0.1, 0.15) is 65.4 Å². The Hall–Kier alpha value is -1.57. The second-order valence-corrected chi connectivity index (χ2v) is 10.2. The first-order valence-corrected chi connectivity index (χ1v) is 10.8. The van der Waals surface area contributed by atoms with Crippen LogP contribution in [0.3, 0.4) is 0 Å². The zero-order chi connectivity index (χ0) is 19.2. The van der Waals surface area contributed by atoms with Gasteiger partial charge in [-0.1, -0.05) is 69.7 Å². The number of esters is 1. The van der Waals surface area contributed by atoms with E-state index in [0.29, 0.717) is 23.7 Å². The predicted octanol–water partition coefficient (Wildman–Crippen LogP) is 5.91. The quantitative estimate of drug-likeness (QED) is 0.489. The van der Waals surface area contributed by atoms with Crippen molar-refractivity contribution >= 4 is 5.97 Å². The second kappa shape index (κ2) is 6.79. The number of hydrogen-bond donors (Lipinski definition) is 0. The van der Waals surface area contributed by atoms with Crippen molar-refractivity contribution in [3.8, 4) is 0 Å². The number of fused-ring (bicyclic) bond motifs is 2. The van der Waals surface area contributed by atoms with Crippen LogP contribution in [0.4, 0.5) is 0 Å². The molecule has 2 nitrogen and oxygen atoms in total. The minimum atomic E-state index is -0.318. The summed E-state index contributed by atoms with van der Waals surface area (Å²) in [5, 5.41) is 0. The molecule has 0 aliphatic heterocycles. The summed E-state index contributed by atoms with van der Waals surface area (Å²) in [6.07, 6.45) is 10.0. The molecule has 0 saturated heterocycles. The van der Waals surface area contributed by atoms with Gasteiger partial charge in [0, 0.05) is 5.92 Å². The first-order valence-electron chi connectivity index (χ1n) is 10.8. The summed E-state index contributed by atoms with van der Waals surface area (Å²) >= 11 is 0. The molecule has 2 fully saturated rings. The molecule has 0 aromatic heterocycles. The van der Waals surface area contributed by atoms with Gasteiger partial charge in [-0.2, -0.15) is 0 Å². The molecule has 4 rings (SSSR count). The lowest BCUT2D eigenvalue weighted by atomic mass is 9.64. The Kier molecular flexibility index (Phi) is 4.72. The van der Waals surface area contributed by atoms with E-state index in [2.05, 4.69) is 70.2 Å². The molecular formula is C25H34O2. The lowest BCUT2D eigenvalue weighted by molar-refractivity contribution is -0.169. The van der Waals surface area contributed by atoms with Crippen LogP contribution in [-0.2, 0) is 14.9 Å². The maximum absolute atomic E-state index is 13.3. The van der Waals surface area contributed by atoms with Crippen LogP contribution in [0, 0.1) is 29.1 Å². The molecule has 2 heteroatoms. The summed E-state index contributed by atoms with van der Waals surface area (Å²) in [7, 11) is 0. The number of rotatable bonds is 4. The van der Waals surface area contributed by atoms with E-state index in [-0.39, 0.29) is 22.9 Å². The molecular weight excluding hydrogens is 332 g/mol. The molecule has 146 valence electrons. The van der Waals surface area contributed by atoms with Crippen molar-refractivity contribution in [2.45, 2.75) is 71.3 Å². The molecule has 2 saturated carbocycles. The zero-order valence-electron chi connectivity index (χ0n) is 17.3. The van der Waals surface area contributed by atoms with Gasteiger partial charge in [-0.3, -0.25) is 4.79 Å². The zero-order valence-corrected chi connectivity index (χ0v) is 17.3. The molecule has 0 amide bonds. The molecule has 1 unspecified atom stereocenters. The molecule has 1 aromatic rings. The van der Waals surface area contributed by atoms with Crippen LogP contribution in [-0.4, -0.2) is 12.1 Å². The lowest BCUT2D eigenvalue weighted by Crippen LogP contribution is -2.46. The van der Waals surface area contributed by atoms with Gasteiger partial charge in [0.1, 0.15) is 6.10 Å². The van der Waals surface area contributed by atoms with E-state index >= 15 is 0 Å². The molecule has 6 atom stereocenters. The van der Waals surface area contributed by atoms with Crippen molar-refractivity contribution in [3.63, 3.8) is 0 Å². The Morgan fingerprint density at radius 2 is 1.85 bits per heavy atom. The number of carbonyl (C=O) groups is 1. The van der Waals surface area contributed by atoms with Gasteiger partial charge < -0.3 is 4.74 Å². The van der Waals surface area contributed by atoms with Crippen LogP contribution in [0.2, 0.25) is 0 Å². The lowest BCUT2D eigenvalue weighted by Gasteiger charge is -2.45. The summed E-state index contributed by atoms with van der Waals surface area (Å²) in [6.45, 7) is 9.08. The van der Waals surface area contributed by atoms with Crippen molar-refractivity contribution in [2.75, 3.05) is 0 Å². The smallest absolute Gasteiger partial charge is 0.312 e. The van der Waals surface area contributed by atoms with Gasteiger partial charge in [0.15, 0.2) is 0 Å². The summed E-state index contributed by atoms with van der Waals surface area (Å²) < 4.78 is 6.35. The maximum atomic E-state index is 13.3. The minimum Gasteiger partial charge on any atom is -0.462 e. The van der Waals surface area contributed by atoms with Crippen LogP contribution < -0.4 is 0 Å². The maximum Gasteiger partial charge on any atom is 0.312 e. The third-order valence-corrected chi connectivity index (χ3v) is 7.90. The highest BCUT2D eigenvalue weighted by molar-refractivity contribution is 5.78. The highest BCUT2D eigenvalue weighted by Gasteiger charge is 2.52. The Labute approximate surface area is 164 Å². The molecule has 0 heterocycles. The average Bonchev–Trinajstić information content (AvgIpc) is 3.23. The largest absolute Gasteiger partial charge is 0.462 e. The standard InChI is InChI=1S/C25H34O2/c1-17-10-13-21(24(2,3)19-8-6-5-7-9-19)22(14-17)27-23(26)25(4)16-18-11-12-20(25)15-18/h5-9,11-12,17-18,20-22H,10,13-16H2,1-4H3/t17-,18+,20-,21-,22?,25-/m1/s1. The molecule has 1 aromatic carbocycles. The SMILES string of the molecule is C[C@@H]1CC[C@@H](C(C)(C)c2ccccc2)C(OC(=O)[C@]2(C)C[C@H]3C=C[C@@H]2C3)C1. The third-order valence-electron chi connectivity index (χ3n) is 7.90. The minimum absolute atomic E-state index is 0.00182. The number of benzene rings is 1. The van der Waals surface area contributed by atoms with Gasteiger partial charge in [0.25, 0.3) is 0 Å². The summed E-state index contributed by atoms with van der Waals surface area (Å²) in [6, 6.07) is 10.7. The molecule has 0 N–H and O–H groups in total. The van der Waals surface area contributed by atoms with E-state index in [1.165, 1.54) is 12.0 Å². The van der Waals surface area contributed by atoms with Gasteiger partial charge in [-0.05, 0) is 61.3 Å². The molecule has 27 heavy (non-hydrogen) atoms. The molecule has 2 bridgehead atoms. The first kappa shape index (κ1) is 18.8. The fourth-order valence-electron chi connectivity index (χ4n) is 5.97.